The van der Waals surface area contributed by atoms with Crippen LogP contribution >= 0.6 is 0 Å². The summed E-state index contributed by atoms with van der Waals surface area (Å²) < 4.78 is 44.3. The topological polar surface area (TPSA) is 70.6 Å². The number of aliphatic hydroxyl groups excluding tert-OH is 1. The second-order valence-electron chi connectivity index (χ2n) is 4.85. The lowest BCUT2D eigenvalue weighted by Crippen LogP contribution is -2.32. The van der Waals surface area contributed by atoms with Crippen LogP contribution in [0.1, 0.15) is 11.7 Å². The molecule has 5 nitrogen and oxygen atoms in total. The zero-order chi connectivity index (χ0) is 17.7. The third-order valence-corrected chi connectivity index (χ3v) is 3.24. The lowest BCUT2D eigenvalue weighted by Gasteiger charge is -2.14. The van der Waals surface area contributed by atoms with E-state index in [0.29, 0.717) is 17.4 Å². The minimum absolute atomic E-state index is 0.163. The van der Waals surface area contributed by atoms with Gasteiger partial charge in [0.25, 0.3) is 0 Å². The number of carbonyl (C=O) groups excluding carboxylic acids is 1. The van der Waals surface area contributed by atoms with Gasteiger partial charge < -0.3 is 20.5 Å². The summed E-state index contributed by atoms with van der Waals surface area (Å²) in [6.45, 7) is -0.163. The highest BCUT2D eigenvalue weighted by Gasteiger charge is 2.16. The summed E-state index contributed by atoms with van der Waals surface area (Å²) in [5, 5.41) is 14.3. The minimum Gasteiger partial charge on any atom is -0.497 e. The van der Waals surface area contributed by atoms with Crippen molar-refractivity contribution in [1.82, 2.24) is 5.32 Å². The molecule has 3 N–H and O–H groups in total. The molecule has 8 heteroatoms. The first-order chi connectivity index (χ1) is 11.4. The van der Waals surface area contributed by atoms with Gasteiger partial charge in [0.1, 0.15) is 5.75 Å². The Morgan fingerprint density at radius 2 is 1.79 bits per heavy atom. The fourth-order valence-corrected chi connectivity index (χ4v) is 1.92. The molecule has 0 saturated carbocycles. The Labute approximate surface area is 136 Å². The van der Waals surface area contributed by atoms with E-state index in [1.165, 1.54) is 7.11 Å². The van der Waals surface area contributed by atoms with Crippen LogP contribution in [0.25, 0.3) is 0 Å². The maximum absolute atomic E-state index is 13.4. The zero-order valence-corrected chi connectivity index (χ0v) is 12.6. The van der Waals surface area contributed by atoms with E-state index in [9.17, 15) is 23.1 Å². The number of benzene rings is 2. The van der Waals surface area contributed by atoms with Crippen molar-refractivity contribution in [2.45, 2.75) is 6.10 Å². The highest BCUT2D eigenvalue weighted by Crippen LogP contribution is 2.20. The van der Waals surface area contributed by atoms with Gasteiger partial charge in [-0.25, -0.2) is 18.0 Å². The molecule has 2 rings (SSSR count). The van der Waals surface area contributed by atoms with Crippen LogP contribution in [0.5, 0.6) is 5.75 Å². The van der Waals surface area contributed by atoms with Crippen molar-refractivity contribution in [3.63, 3.8) is 0 Å². The smallest absolute Gasteiger partial charge is 0.319 e. The normalized spacial score (nSPS) is 11.7. The largest absolute Gasteiger partial charge is 0.497 e. The molecular formula is C16H15F3N2O3. The first kappa shape index (κ1) is 17.6. The van der Waals surface area contributed by atoms with E-state index >= 15 is 0 Å². The summed E-state index contributed by atoms with van der Waals surface area (Å²) in [5.74, 6) is -3.91. The summed E-state index contributed by atoms with van der Waals surface area (Å²) in [7, 11) is 1.51. The van der Waals surface area contributed by atoms with Crippen molar-refractivity contribution in [3.8, 4) is 5.75 Å². The molecule has 1 atom stereocenters. The van der Waals surface area contributed by atoms with E-state index in [-0.39, 0.29) is 6.54 Å². The van der Waals surface area contributed by atoms with Crippen molar-refractivity contribution >= 4 is 11.7 Å². The first-order valence-electron chi connectivity index (χ1n) is 6.92. The van der Waals surface area contributed by atoms with Gasteiger partial charge in [0.05, 0.1) is 18.9 Å². The van der Waals surface area contributed by atoms with Crippen LogP contribution in [0.15, 0.2) is 36.4 Å². The lowest BCUT2D eigenvalue weighted by atomic mass is 10.1. The lowest BCUT2D eigenvalue weighted by molar-refractivity contribution is 0.175. The van der Waals surface area contributed by atoms with Gasteiger partial charge in [-0.3, -0.25) is 0 Å². The van der Waals surface area contributed by atoms with Crippen molar-refractivity contribution in [2.24, 2.45) is 0 Å². The van der Waals surface area contributed by atoms with Gasteiger partial charge in [-0.05, 0) is 29.8 Å². The number of anilines is 1. The van der Waals surface area contributed by atoms with Crippen LogP contribution in [0, 0.1) is 17.5 Å². The maximum atomic E-state index is 13.4. The Morgan fingerprint density at radius 1 is 1.12 bits per heavy atom. The number of amides is 2. The average molecular weight is 340 g/mol. The number of rotatable bonds is 5. The van der Waals surface area contributed by atoms with Crippen LogP contribution in [0.2, 0.25) is 0 Å². The molecule has 0 unspecified atom stereocenters. The Bertz CT molecular complexity index is 723. The van der Waals surface area contributed by atoms with E-state index < -0.39 is 35.3 Å². The number of carbonyl (C=O) groups is 1. The first-order valence-corrected chi connectivity index (χ1v) is 6.92. The molecule has 2 aromatic rings. The van der Waals surface area contributed by atoms with Crippen molar-refractivity contribution in [2.75, 3.05) is 19.0 Å². The van der Waals surface area contributed by atoms with Crippen molar-refractivity contribution in [3.05, 3.63) is 59.4 Å². The van der Waals surface area contributed by atoms with Crippen LogP contribution < -0.4 is 15.4 Å². The third kappa shape index (κ3) is 4.17. The van der Waals surface area contributed by atoms with Gasteiger partial charge in [0, 0.05) is 6.54 Å². The quantitative estimate of drug-likeness (QED) is 0.733. The summed E-state index contributed by atoms with van der Waals surface area (Å²) >= 11 is 0. The summed E-state index contributed by atoms with van der Waals surface area (Å²) in [6.07, 6.45) is -1.00. The molecule has 0 radical (unpaired) electrons. The molecule has 0 bridgehead atoms. The number of halogens is 3. The second kappa shape index (κ2) is 7.69. The number of hydrogen-bond donors (Lipinski definition) is 3. The molecule has 0 aliphatic rings. The summed E-state index contributed by atoms with van der Waals surface area (Å²) in [4.78, 5) is 11.7. The molecule has 0 fully saturated rings. The van der Waals surface area contributed by atoms with E-state index in [0.717, 1.165) is 6.07 Å². The van der Waals surface area contributed by atoms with Gasteiger partial charge in [-0.1, -0.05) is 12.1 Å². The van der Waals surface area contributed by atoms with Gasteiger partial charge in [-0.15, -0.1) is 0 Å². The van der Waals surface area contributed by atoms with Gasteiger partial charge >= 0.3 is 6.03 Å². The average Bonchev–Trinajstić information content (AvgIpc) is 2.60. The SMILES string of the molecule is COc1ccc([C@@H](O)CNC(=O)Nc2ccc(F)c(F)c2F)cc1. The zero-order valence-electron chi connectivity index (χ0n) is 12.6. The van der Waals surface area contributed by atoms with Crippen molar-refractivity contribution in [1.29, 1.82) is 0 Å². The minimum atomic E-state index is -1.67. The molecule has 0 heterocycles. The molecule has 0 aliphatic heterocycles. The van der Waals surface area contributed by atoms with E-state index in [2.05, 4.69) is 5.32 Å². The molecule has 2 aromatic carbocycles. The number of urea groups is 1. The standard InChI is InChI=1S/C16H15F3N2O3/c1-24-10-4-2-9(3-5-10)13(22)8-20-16(23)21-12-7-6-11(17)14(18)15(12)19/h2-7,13,22H,8H2,1H3,(H2,20,21,23)/t13-/m0/s1. The molecule has 2 amide bonds. The number of methoxy groups -OCH3 is 1. The highest BCUT2D eigenvalue weighted by molar-refractivity contribution is 5.89. The molecule has 0 saturated heterocycles. The van der Waals surface area contributed by atoms with E-state index in [1.54, 1.807) is 24.3 Å². The molecular weight excluding hydrogens is 325 g/mol. The number of aliphatic hydroxyl groups is 1. The van der Waals surface area contributed by atoms with Crippen LogP contribution in [0.4, 0.5) is 23.7 Å². The fourth-order valence-electron chi connectivity index (χ4n) is 1.92. The Hall–Kier alpha value is -2.74. The van der Waals surface area contributed by atoms with E-state index in [4.69, 9.17) is 4.74 Å². The van der Waals surface area contributed by atoms with Crippen LogP contribution in [-0.2, 0) is 0 Å². The predicted molar refractivity (Wildman–Crippen MR) is 81.3 cm³/mol. The monoisotopic (exact) mass is 340 g/mol. The molecule has 0 spiro atoms. The predicted octanol–water partition coefficient (Wildman–Crippen LogP) is 2.97. The molecule has 24 heavy (non-hydrogen) atoms. The summed E-state index contributed by atoms with van der Waals surface area (Å²) in [5.41, 5.74) is 0.0282. The van der Waals surface area contributed by atoms with E-state index in [1.807, 2.05) is 5.32 Å². The molecule has 0 aliphatic carbocycles. The Balaban J connectivity index is 1.92. The Kier molecular flexibility index (Phi) is 5.64. The fraction of sp³-hybridized carbons (Fsp3) is 0.188. The summed E-state index contributed by atoms with van der Waals surface area (Å²) in [6, 6.07) is 7.27. The van der Waals surface area contributed by atoms with Crippen LogP contribution in [-0.4, -0.2) is 24.8 Å². The number of hydrogen-bond acceptors (Lipinski definition) is 3. The van der Waals surface area contributed by atoms with Gasteiger partial charge in [0.2, 0.25) is 0 Å². The third-order valence-electron chi connectivity index (χ3n) is 3.24. The second-order valence-corrected chi connectivity index (χ2v) is 4.85. The van der Waals surface area contributed by atoms with Crippen LogP contribution in [0.3, 0.4) is 0 Å². The molecule has 128 valence electrons. The van der Waals surface area contributed by atoms with Gasteiger partial charge in [0.15, 0.2) is 17.5 Å². The highest BCUT2D eigenvalue weighted by atomic mass is 19.2. The number of nitrogens with one attached hydrogen (secondary N) is 2. The Morgan fingerprint density at radius 3 is 2.42 bits per heavy atom. The number of ether oxygens (including phenoxy) is 1. The maximum Gasteiger partial charge on any atom is 0.319 e. The van der Waals surface area contributed by atoms with Gasteiger partial charge in [-0.2, -0.15) is 0 Å². The van der Waals surface area contributed by atoms with Crippen molar-refractivity contribution < 1.29 is 27.8 Å². The molecule has 0 aromatic heterocycles.